The molecule has 1 aromatic rings. The maximum absolute atomic E-state index is 8.32. The van der Waals surface area contributed by atoms with Crippen LogP contribution in [0.4, 0.5) is 0 Å². The Hall–Kier alpha value is -1.43. The molecule has 1 aromatic heterocycles. The number of hydrogen-bond acceptors (Lipinski definition) is 3. The maximum Gasteiger partial charge on any atom is 0.144 e. The Kier molecular flexibility index (Phi) is 1.41. The zero-order chi connectivity index (χ0) is 6.69. The summed E-state index contributed by atoms with van der Waals surface area (Å²) < 4.78 is 0. The lowest BCUT2D eigenvalue weighted by Gasteiger charge is -1.87. The van der Waals surface area contributed by atoms with Gasteiger partial charge in [0.2, 0.25) is 0 Å². The van der Waals surface area contributed by atoms with Crippen molar-refractivity contribution >= 4 is 0 Å². The molecule has 3 nitrogen and oxygen atoms in total. The third-order valence-electron chi connectivity index (χ3n) is 0.918. The van der Waals surface area contributed by atoms with Crippen LogP contribution in [0.3, 0.4) is 0 Å². The molecule has 9 heavy (non-hydrogen) atoms. The standard InChI is InChI=1S/C6H5N3/c1-5-2-6(3-7)9-4-8-5/h2,4H,1H3. The third kappa shape index (κ3) is 1.23. The Morgan fingerprint density at radius 2 is 2.33 bits per heavy atom. The van der Waals surface area contributed by atoms with Crippen molar-refractivity contribution < 1.29 is 0 Å². The molecular formula is C6H5N3. The number of aryl methyl sites for hydroxylation is 1. The molecule has 0 aliphatic heterocycles. The van der Waals surface area contributed by atoms with Crippen molar-refractivity contribution in [2.24, 2.45) is 0 Å². The zero-order valence-electron chi connectivity index (χ0n) is 5.00. The van der Waals surface area contributed by atoms with Crippen LogP contribution in [0.2, 0.25) is 0 Å². The molecule has 0 saturated heterocycles. The second-order valence-corrected chi connectivity index (χ2v) is 1.66. The normalized spacial score (nSPS) is 8.44. The highest BCUT2D eigenvalue weighted by Crippen LogP contribution is 1.92. The summed E-state index contributed by atoms with van der Waals surface area (Å²) in [6.45, 7) is 1.82. The van der Waals surface area contributed by atoms with E-state index in [0.717, 1.165) is 5.69 Å². The third-order valence-corrected chi connectivity index (χ3v) is 0.918. The van der Waals surface area contributed by atoms with E-state index in [-0.39, 0.29) is 0 Å². The first-order valence-corrected chi connectivity index (χ1v) is 2.51. The summed E-state index contributed by atoms with van der Waals surface area (Å²) in [4.78, 5) is 7.51. The van der Waals surface area contributed by atoms with Gasteiger partial charge in [0.25, 0.3) is 0 Å². The Labute approximate surface area is 53.0 Å². The van der Waals surface area contributed by atoms with Crippen LogP contribution in [0.5, 0.6) is 0 Å². The van der Waals surface area contributed by atoms with E-state index in [2.05, 4.69) is 9.97 Å². The summed E-state index contributed by atoms with van der Waals surface area (Å²) in [6.07, 6.45) is 1.38. The minimum absolute atomic E-state index is 0.419. The van der Waals surface area contributed by atoms with Gasteiger partial charge in [-0.1, -0.05) is 0 Å². The molecular weight excluding hydrogens is 114 g/mol. The molecule has 0 amide bonds. The van der Waals surface area contributed by atoms with Gasteiger partial charge in [-0.15, -0.1) is 0 Å². The minimum atomic E-state index is 0.419. The lowest BCUT2D eigenvalue weighted by atomic mass is 10.4. The Morgan fingerprint density at radius 3 is 2.78 bits per heavy atom. The summed E-state index contributed by atoms with van der Waals surface area (Å²) in [5.41, 5.74) is 1.24. The molecule has 1 rings (SSSR count). The van der Waals surface area contributed by atoms with Crippen molar-refractivity contribution in [3.63, 3.8) is 0 Å². The van der Waals surface area contributed by atoms with Crippen molar-refractivity contribution in [1.82, 2.24) is 9.97 Å². The summed E-state index contributed by atoms with van der Waals surface area (Å²) in [5.74, 6) is 0. The molecule has 0 aromatic carbocycles. The molecule has 0 radical (unpaired) electrons. The summed E-state index contributed by atoms with van der Waals surface area (Å²) in [7, 11) is 0. The lowest BCUT2D eigenvalue weighted by Crippen LogP contribution is -1.85. The summed E-state index contributed by atoms with van der Waals surface area (Å²) in [6, 6.07) is 3.56. The predicted molar refractivity (Wildman–Crippen MR) is 31.5 cm³/mol. The number of nitrogens with zero attached hydrogens (tertiary/aromatic N) is 3. The van der Waals surface area contributed by atoms with Gasteiger partial charge in [0.1, 0.15) is 18.1 Å². The van der Waals surface area contributed by atoms with Gasteiger partial charge in [-0.05, 0) is 13.0 Å². The molecule has 0 unspecified atom stereocenters. The number of hydrogen-bond donors (Lipinski definition) is 0. The Morgan fingerprint density at radius 1 is 1.56 bits per heavy atom. The van der Waals surface area contributed by atoms with E-state index in [1.165, 1.54) is 6.33 Å². The van der Waals surface area contributed by atoms with Gasteiger partial charge in [-0.3, -0.25) is 0 Å². The molecule has 0 saturated carbocycles. The molecule has 0 bridgehead atoms. The Bertz CT molecular complexity index is 249. The minimum Gasteiger partial charge on any atom is -0.242 e. The van der Waals surface area contributed by atoms with Gasteiger partial charge in [-0.25, -0.2) is 9.97 Å². The van der Waals surface area contributed by atoms with Crippen LogP contribution in [0, 0.1) is 18.3 Å². The summed E-state index contributed by atoms with van der Waals surface area (Å²) >= 11 is 0. The van der Waals surface area contributed by atoms with Crippen molar-refractivity contribution in [3.05, 3.63) is 23.8 Å². The quantitative estimate of drug-likeness (QED) is 0.504. The van der Waals surface area contributed by atoms with Gasteiger partial charge in [0, 0.05) is 5.69 Å². The molecule has 0 spiro atoms. The molecule has 44 valence electrons. The van der Waals surface area contributed by atoms with Crippen LogP contribution in [0.15, 0.2) is 12.4 Å². The van der Waals surface area contributed by atoms with Crippen LogP contribution in [-0.4, -0.2) is 9.97 Å². The van der Waals surface area contributed by atoms with Crippen LogP contribution in [0.1, 0.15) is 11.4 Å². The van der Waals surface area contributed by atoms with Crippen molar-refractivity contribution in [3.8, 4) is 6.07 Å². The molecule has 0 aliphatic rings. The molecule has 0 atom stereocenters. The number of rotatable bonds is 0. The highest BCUT2D eigenvalue weighted by atomic mass is 14.8. The van der Waals surface area contributed by atoms with E-state index in [9.17, 15) is 0 Å². The van der Waals surface area contributed by atoms with Gasteiger partial charge >= 0.3 is 0 Å². The molecule has 3 heteroatoms. The smallest absolute Gasteiger partial charge is 0.144 e. The fourth-order valence-corrected chi connectivity index (χ4v) is 0.516. The van der Waals surface area contributed by atoms with Crippen LogP contribution >= 0.6 is 0 Å². The van der Waals surface area contributed by atoms with E-state index in [0.29, 0.717) is 5.69 Å². The lowest BCUT2D eigenvalue weighted by molar-refractivity contribution is 1.08. The van der Waals surface area contributed by atoms with Crippen molar-refractivity contribution in [2.45, 2.75) is 6.92 Å². The first-order chi connectivity index (χ1) is 4.33. The monoisotopic (exact) mass is 119 g/mol. The maximum atomic E-state index is 8.32. The molecule has 1 heterocycles. The fraction of sp³-hybridized carbons (Fsp3) is 0.167. The number of nitriles is 1. The second-order valence-electron chi connectivity index (χ2n) is 1.66. The van der Waals surface area contributed by atoms with E-state index in [1.54, 1.807) is 6.07 Å². The second kappa shape index (κ2) is 2.23. The molecule has 0 N–H and O–H groups in total. The van der Waals surface area contributed by atoms with Crippen molar-refractivity contribution in [1.29, 1.82) is 5.26 Å². The van der Waals surface area contributed by atoms with E-state index < -0.39 is 0 Å². The van der Waals surface area contributed by atoms with Crippen LogP contribution in [0.25, 0.3) is 0 Å². The van der Waals surface area contributed by atoms with E-state index in [1.807, 2.05) is 13.0 Å². The topological polar surface area (TPSA) is 49.6 Å². The average Bonchev–Trinajstić information content (AvgIpc) is 1.88. The highest BCUT2D eigenvalue weighted by Gasteiger charge is 1.88. The van der Waals surface area contributed by atoms with Gasteiger partial charge in [-0.2, -0.15) is 5.26 Å². The first kappa shape index (κ1) is 5.70. The molecule has 0 fully saturated rings. The van der Waals surface area contributed by atoms with Crippen LogP contribution in [-0.2, 0) is 0 Å². The van der Waals surface area contributed by atoms with E-state index in [4.69, 9.17) is 5.26 Å². The SMILES string of the molecule is Cc1cc(C#N)ncn1. The van der Waals surface area contributed by atoms with Crippen molar-refractivity contribution in [2.75, 3.05) is 0 Å². The first-order valence-electron chi connectivity index (χ1n) is 2.51. The highest BCUT2D eigenvalue weighted by molar-refractivity contribution is 5.19. The van der Waals surface area contributed by atoms with E-state index >= 15 is 0 Å². The fourth-order valence-electron chi connectivity index (χ4n) is 0.516. The predicted octanol–water partition coefficient (Wildman–Crippen LogP) is 0.657. The molecule has 0 aliphatic carbocycles. The van der Waals surface area contributed by atoms with Crippen LogP contribution < -0.4 is 0 Å². The van der Waals surface area contributed by atoms with Gasteiger partial charge in [0.15, 0.2) is 0 Å². The summed E-state index contributed by atoms with van der Waals surface area (Å²) in [5, 5.41) is 8.32. The van der Waals surface area contributed by atoms with Gasteiger partial charge < -0.3 is 0 Å². The number of aromatic nitrogens is 2. The largest absolute Gasteiger partial charge is 0.242 e. The zero-order valence-corrected chi connectivity index (χ0v) is 5.00. The Balaban J connectivity index is 3.12. The van der Waals surface area contributed by atoms with Gasteiger partial charge in [0.05, 0.1) is 0 Å². The average molecular weight is 119 g/mol.